The largest absolute Gasteiger partial charge is 0.465 e. The van der Waals surface area contributed by atoms with Crippen molar-refractivity contribution in [3.63, 3.8) is 0 Å². The number of benzene rings is 1. The van der Waals surface area contributed by atoms with Gasteiger partial charge in [-0.05, 0) is 28.1 Å². The molecule has 0 amide bonds. The first-order chi connectivity index (χ1) is 8.04. The molecular weight excluding hydrogens is 312 g/mol. The lowest BCUT2D eigenvalue weighted by atomic mass is 10.1. The average molecular weight is 319 g/mol. The zero-order valence-corrected chi connectivity index (χ0v) is 11.0. The SMILES string of the molecule is COC(=O)c1cnc2cc(Br)c(F)cc2c1Cl. The molecule has 0 saturated carbocycles. The fourth-order valence-electron chi connectivity index (χ4n) is 1.41. The maximum absolute atomic E-state index is 13.4. The van der Waals surface area contributed by atoms with Crippen LogP contribution in [-0.4, -0.2) is 18.1 Å². The predicted molar refractivity (Wildman–Crippen MR) is 65.8 cm³/mol. The second-order valence-corrected chi connectivity index (χ2v) is 4.49. The summed E-state index contributed by atoms with van der Waals surface area (Å²) in [7, 11) is 1.24. The van der Waals surface area contributed by atoms with Gasteiger partial charge in [-0.3, -0.25) is 4.98 Å². The molecule has 0 aliphatic carbocycles. The average Bonchev–Trinajstić information content (AvgIpc) is 2.31. The molecule has 0 aliphatic heterocycles. The van der Waals surface area contributed by atoms with Crippen LogP contribution in [0.3, 0.4) is 0 Å². The summed E-state index contributed by atoms with van der Waals surface area (Å²) in [4.78, 5) is 15.4. The van der Waals surface area contributed by atoms with Gasteiger partial charge in [-0.15, -0.1) is 0 Å². The van der Waals surface area contributed by atoms with Gasteiger partial charge < -0.3 is 4.74 Å². The highest BCUT2D eigenvalue weighted by Gasteiger charge is 2.15. The molecule has 0 bridgehead atoms. The van der Waals surface area contributed by atoms with E-state index in [9.17, 15) is 9.18 Å². The van der Waals surface area contributed by atoms with Crippen LogP contribution < -0.4 is 0 Å². The minimum Gasteiger partial charge on any atom is -0.465 e. The number of nitrogens with zero attached hydrogens (tertiary/aromatic N) is 1. The standard InChI is InChI=1S/C11H6BrClFNO2/c1-17-11(16)6-4-15-9-3-7(12)8(14)2-5(9)10(6)13/h2-4H,1H3. The predicted octanol–water partition coefficient (Wildman–Crippen LogP) is 3.58. The minimum absolute atomic E-state index is 0.114. The molecule has 1 aromatic carbocycles. The van der Waals surface area contributed by atoms with Gasteiger partial charge in [-0.25, -0.2) is 9.18 Å². The number of carbonyl (C=O) groups is 1. The maximum atomic E-state index is 13.4. The third-order valence-corrected chi connectivity index (χ3v) is 3.26. The first kappa shape index (κ1) is 12.3. The molecule has 0 unspecified atom stereocenters. The highest BCUT2D eigenvalue weighted by Crippen LogP contribution is 2.29. The smallest absolute Gasteiger partial charge is 0.340 e. The maximum Gasteiger partial charge on any atom is 0.340 e. The molecule has 0 aliphatic rings. The number of ether oxygens (including phenoxy) is 1. The van der Waals surface area contributed by atoms with Crippen molar-refractivity contribution in [2.24, 2.45) is 0 Å². The molecule has 1 aromatic heterocycles. The molecule has 2 aromatic rings. The molecule has 17 heavy (non-hydrogen) atoms. The van der Waals surface area contributed by atoms with Crippen molar-refractivity contribution in [3.05, 3.63) is 39.2 Å². The molecule has 6 heteroatoms. The van der Waals surface area contributed by atoms with Gasteiger partial charge in [0.25, 0.3) is 0 Å². The van der Waals surface area contributed by atoms with Gasteiger partial charge in [0.05, 0.1) is 27.7 Å². The molecule has 0 radical (unpaired) electrons. The van der Waals surface area contributed by atoms with Crippen LogP contribution in [0.25, 0.3) is 10.9 Å². The van der Waals surface area contributed by atoms with E-state index in [1.54, 1.807) is 0 Å². The topological polar surface area (TPSA) is 39.2 Å². The number of carbonyl (C=O) groups excluding carboxylic acids is 1. The molecule has 1 heterocycles. The van der Waals surface area contributed by atoms with Crippen LogP contribution >= 0.6 is 27.5 Å². The molecule has 3 nitrogen and oxygen atoms in total. The number of hydrogen-bond acceptors (Lipinski definition) is 3. The number of rotatable bonds is 1. The Morgan fingerprint density at radius 3 is 2.88 bits per heavy atom. The van der Waals surface area contributed by atoms with Gasteiger partial charge in [-0.1, -0.05) is 11.6 Å². The summed E-state index contributed by atoms with van der Waals surface area (Å²) in [6.45, 7) is 0. The summed E-state index contributed by atoms with van der Waals surface area (Å²) in [6.07, 6.45) is 1.31. The number of halogens is 3. The molecule has 0 N–H and O–H groups in total. The van der Waals surface area contributed by atoms with Crippen LogP contribution in [0.5, 0.6) is 0 Å². The van der Waals surface area contributed by atoms with E-state index in [0.29, 0.717) is 15.4 Å². The van der Waals surface area contributed by atoms with E-state index in [1.807, 2.05) is 0 Å². The van der Waals surface area contributed by atoms with Gasteiger partial charge in [0.1, 0.15) is 5.82 Å². The quantitative estimate of drug-likeness (QED) is 0.755. The molecular formula is C11H6BrClFNO2. The van der Waals surface area contributed by atoms with Gasteiger partial charge >= 0.3 is 5.97 Å². The summed E-state index contributed by atoms with van der Waals surface area (Å²) in [6, 6.07) is 2.72. The molecule has 2 rings (SSSR count). The van der Waals surface area contributed by atoms with Crippen molar-refractivity contribution in [1.82, 2.24) is 4.98 Å². The van der Waals surface area contributed by atoms with Crippen LogP contribution in [0.2, 0.25) is 5.02 Å². The van der Waals surface area contributed by atoms with E-state index < -0.39 is 11.8 Å². The van der Waals surface area contributed by atoms with Gasteiger partial charge in [0.15, 0.2) is 0 Å². The van der Waals surface area contributed by atoms with E-state index in [-0.39, 0.29) is 10.6 Å². The normalized spacial score (nSPS) is 10.6. The Labute approximate surface area is 110 Å². The van der Waals surface area contributed by atoms with Crippen molar-refractivity contribution in [2.45, 2.75) is 0 Å². The molecule has 0 saturated heterocycles. The fourth-order valence-corrected chi connectivity index (χ4v) is 2.02. The molecule has 88 valence electrons. The zero-order chi connectivity index (χ0) is 12.6. The van der Waals surface area contributed by atoms with E-state index in [4.69, 9.17) is 11.6 Å². The lowest BCUT2D eigenvalue weighted by Gasteiger charge is -2.06. The number of methoxy groups -OCH3 is 1. The Morgan fingerprint density at radius 1 is 1.53 bits per heavy atom. The fraction of sp³-hybridized carbons (Fsp3) is 0.0909. The van der Waals surface area contributed by atoms with Crippen LogP contribution in [0, 0.1) is 5.82 Å². The highest BCUT2D eigenvalue weighted by molar-refractivity contribution is 9.10. The van der Waals surface area contributed by atoms with Crippen LogP contribution in [0.1, 0.15) is 10.4 Å². The van der Waals surface area contributed by atoms with Crippen molar-refractivity contribution in [2.75, 3.05) is 7.11 Å². The monoisotopic (exact) mass is 317 g/mol. The van der Waals surface area contributed by atoms with Crippen LogP contribution in [0.15, 0.2) is 22.8 Å². The van der Waals surface area contributed by atoms with Crippen molar-refractivity contribution < 1.29 is 13.9 Å². The lowest BCUT2D eigenvalue weighted by molar-refractivity contribution is 0.0600. The van der Waals surface area contributed by atoms with E-state index in [0.717, 1.165) is 0 Å². The second kappa shape index (κ2) is 4.58. The summed E-state index contributed by atoms with van der Waals surface area (Å²) in [5.74, 6) is -1.07. The highest BCUT2D eigenvalue weighted by atomic mass is 79.9. The minimum atomic E-state index is -0.604. The van der Waals surface area contributed by atoms with Crippen molar-refractivity contribution >= 4 is 44.4 Å². The van der Waals surface area contributed by atoms with Crippen molar-refractivity contribution in [3.8, 4) is 0 Å². The Hall–Kier alpha value is -1.20. The van der Waals surface area contributed by atoms with Gasteiger partial charge in [0, 0.05) is 11.6 Å². The third kappa shape index (κ3) is 2.12. The van der Waals surface area contributed by atoms with E-state index >= 15 is 0 Å². The van der Waals surface area contributed by atoms with Crippen molar-refractivity contribution in [1.29, 1.82) is 0 Å². The number of hydrogen-bond donors (Lipinski definition) is 0. The van der Waals surface area contributed by atoms with E-state index in [1.165, 1.54) is 25.4 Å². The lowest BCUT2D eigenvalue weighted by Crippen LogP contribution is -2.03. The van der Waals surface area contributed by atoms with Crippen LogP contribution in [0.4, 0.5) is 4.39 Å². The Bertz CT molecular complexity index is 618. The molecule has 0 spiro atoms. The summed E-state index contributed by atoms with van der Waals surface area (Å²) in [5.41, 5.74) is 0.610. The third-order valence-electron chi connectivity index (χ3n) is 2.25. The van der Waals surface area contributed by atoms with Crippen LogP contribution in [-0.2, 0) is 4.74 Å². The Kier molecular flexibility index (Phi) is 3.31. The summed E-state index contributed by atoms with van der Waals surface area (Å²) in [5, 5.41) is 0.503. The van der Waals surface area contributed by atoms with E-state index in [2.05, 4.69) is 25.7 Å². The van der Waals surface area contributed by atoms with Gasteiger partial charge in [0.2, 0.25) is 0 Å². The zero-order valence-electron chi connectivity index (χ0n) is 8.63. The summed E-state index contributed by atoms with van der Waals surface area (Å²) >= 11 is 9.07. The van der Waals surface area contributed by atoms with Gasteiger partial charge in [-0.2, -0.15) is 0 Å². The first-order valence-electron chi connectivity index (χ1n) is 4.56. The summed E-state index contributed by atoms with van der Waals surface area (Å²) < 4.78 is 18.2. The molecule has 0 atom stereocenters. The Morgan fingerprint density at radius 2 is 2.24 bits per heavy atom. The Balaban J connectivity index is 2.75. The number of pyridine rings is 1. The second-order valence-electron chi connectivity index (χ2n) is 3.26. The number of aromatic nitrogens is 1. The number of esters is 1. The first-order valence-corrected chi connectivity index (χ1v) is 5.73. The number of fused-ring (bicyclic) bond motifs is 1. The molecule has 0 fully saturated rings.